The van der Waals surface area contributed by atoms with Gasteiger partial charge in [-0.05, 0) is 107 Å². The van der Waals surface area contributed by atoms with Crippen LogP contribution in [0.5, 0.6) is 0 Å². The minimum absolute atomic E-state index is 0.00135. The topological polar surface area (TPSA) is 70.4 Å². The molecule has 0 radical (unpaired) electrons. The van der Waals surface area contributed by atoms with E-state index >= 15 is 0 Å². The highest BCUT2D eigenvalue weighted by Gasteiger charge is 2.53. The fraction of sp³-hybridized carbons (Fsp3) is 0.667. The molecule has 4 saturated carbocycles. The number of amides is 1. The average Bonchev–Trinajstić information content (AvgIpc) is 3.43. The molecule has 37 heavy (non-hydrogen) atoms. The molecule has 6 nitrogen and oxygen atoms in total. The van der Waals surface area contributed by atoms with Crippen LogP contribution in [-0.2, 0) is 10.3 Å². The zero-order valence-electron chi connectivity index (χ0n) is 22.4. The van der Waals surface area contributed by atoms with Gasteiger partial charge >= 0.3 is 0 Å². The minimum atomic E-state index is -0.311. The third-order valence-electron chi connectivity index (χ3n) is 9.57. The number of carbonyl (C=O) groups excluding carboxylic acids is 1. The molecular formula is C30H41ClN4O2. The summed E-state index contributed by atoms with van der Waals surface area (Å²) in [6, 6.07) is 9.66. The molecule has 1 saturated heterocycles. The van der Waals surface area contributed by atoms with Gasteiger partial charge in [0.2, 0.25) is 5.91 Å². The third kappa shape index (κ3) is 4.74. The highest BCUT2D eigenvalue weighted by atomic mass is 35.5. The Morgan fingerprint density at radius 2 is 1.78 bits per heavy atom. The van der Waals surface area contributed by atoms with Crippen molar-refractivity contribution >= 4 is 17.5 Å². The van der Waals surface area contributed by atoms with Gasteiger partial charge in [-0.2, -0.15) is 5.10 Å². The summed E-state index contributed by atoms with van der Waals surface area (Å²) in [5.41, 5.74) is 1.91. The number of aliphatic hydroxyl groups excluding tert-OH is 1. The van der Waals surface area contributed by atoms with E-state index in [0.717, 1.165) is 48.3 Å². The minimum Gasteiger partial charge on any atom is -0.395 e. The van der Waals surface area contributed by atoms with E-state index in [9.17, 15) is 9.90 Å². The summed E-state index contributed by atoms with van der Waals surface area (Å²) in [5, 5.41) is 19.4. The number of carbonyl (C=O) groups is 1. The van der Waals surface area contributed by atoms with Gasteiger partial charge in [-0.1, -0.05) is 23.7 Å². The smallest absolute Gasteiger partial charge is 0.237 e. The van der Waals surface area contributed by atoms with Crippen LogP contribution >= 0.6 is 11.6 Å². The number of benzene rings is 1. The molecular weight excluding hydrogens is 484 g/mol. The van der Waals surface area contributed by atoms with Crippen LogP contribution in [0.25, 0.3) is 0 Å². The summed E-state index contributed by atoms with van der Waals surface area (Å²) in [6.07, 6.45) is 10.2. The van der Waals surface area contributed by atoms with E-state index in [1.54, 1.807) is 0 Å². The summed E-state index contributed by atoms with van der Waals surface area (Å²) in [7, 11) is 0. The van der Waals surface area contributed by atoms with Crippen LogP contribution in [0, 0.1) is 17.8 Å². The van der Waals surface area contributed by atoms with Crippen molar-refractivity contribution in [2.45, 2.75) is 94.8 Å². The van der Waals surface area contributed by atoms with E-state index in [1.165, 1.54) is 19.3 Å². The molecule has 1 amide bonds. The lowest BCUT2D eigenvalue weighted by atomic mass is 9.53. The molecule has 1 aromatic carbocycles. The quantitative estimate of drug-likeness (QED) is 0.540. The Morgan fingerprint density at radius 3 is 2.35 bits per heavy atom. The Kier molecular flexibility index (Phi) is 6.44. The molecule has 2 heterocycles. The number of hydrogen-bond donors (Lipinski definition) is 2. The standard InChI is InChI=1S/C30H41ClN4O2/c1-29(2,3)35-8-7-25(33-35)24-15-26(34(9-10-36)27(24)22-5-4-6-23(31)14-22)28(37)32-30-16-19-11-20(17-30)13-21(12-19)18-30/h4-8,14,19-21,24,26-27,36H,9-13,15-18H2,1-3H3,(H,32,37)/t19?,20?,21?,24-,26-,27-,30?/m0/s1. The van der Waals surface area contributed by atoms with Crippen LogP contribution in [0.3, 0.4) is 0 Å². The largest absolute Gasteiger partial charge is 0.395 e. The zero-order valence-corrected chi connectivity index (χ0v) is 23.1. The van der Waals surface area contributed by atoms with Gasteiger partial charge in [0.15, 0.2) is 0 Å². The summed E-state index contributed by atoms with van der Waals surface area (Å²) >= 11 is 6.44. The average molecular weight is 525 g/mol. The Bertz CT molecular complexity index is 1120. The number of aliphatic hydroxyl groups is 1. The van der Waals surface area contributed by atoms with E-state index in [4.69, 9.17) is 16.7 Å². The molecule has 1 aliphatic heterocycles. The first-order chi connectivity index (χ1) is 17.6. The highest BCUT2D eigenvalue weighted by molar-refractivity contribution is 6.30. The van der Waals surface area contributed by atoms with Crippen molar-refractivity contribution in [2.75, 3.05) is 13.2 Å². The normalized spacial score (nSPS) is 35.3. The lowest BCUT2D eigenvalue weighted by Crippen LogP contribution is -2.62. The van der Waals surface area contributed by atoms with Gasteiger partial charge in [-0.25, -0.2) is 0 Å². The molecule has 4 bridgehead atoms. The Hall–Kier alpha value is -1.89. The first kappa shape index (κ1) is 25.4. The van der Waals surface area contributed by atoms with Gasteiger partial charge in [0, 0.05) is 35.3 Å². The van der Waals surface area contributed by atoms with Gasteiger partial charge in [-0.3, -0.25) is 14.4 Å². The molecule has 1 aromatic heterocycles. The van der Waals surface area contributed by atoms with E-state index < -0.39 is 0 Å². The first-order valence-corrected chi connectivity index (χ1v) is 14.5. The van der Waals surface area contributed by atoms with Crippen LogP contribution in [0.2, 0.25) is 5.02 Å². The van der Waals surface area contributed by atoms with Crippen molar-refractivity contribution in [2.24, 2.45) is 17.8 Å². The number of rotatable bonds is 6. The van der Waals surface area contributed by atoms with Gasteiger partial charge in [0.25, 0.3) is 0 Å². The molecule has 7 heteroatoms. The van der Waals surface area contributed by atoms with Crippen molar-refractivity contribution in [3.63, 3.8) is 0 Å². The maximum atomic E-state index is 14.1. The van der Waals surface area contributed by atoms with Crippen molar-refractivity contribution in [1.82, 2.24) is 20.0 Å². The van der Waals surface area contributed by atoms with E-state index in [-0.39, 0.29) is 41.6 Å². The van der Waals surface area contributed by atoms with Crippen LogP contribution in [0.4, 0.5) is 0 Å². The van der Waals surface area contributed by atoms with Crippen LogP contribution in [0.1, 0.15) is 88.9 Å². The Labute approximate surface area is 225 Å². The van der Waals surface area contributed by atoms with Crippen LogP contribution in [-0.4, -0.2) is 50.4 Å². The Balaban J connectivity index is 1.33. The van der Waals surface area contributed by atoms with Crippen LogP contribution < -0.4 is 5.32 Å². The molecule has 2 aromatic rings. The summed E-state index contributed by atoms with van der Waals surface area (Å²) in [5.74, 6) is 2.48. The molecule has 200 valence electrons. The molecule has 2 N–H and O–H groups in total. The van der Waals surface area contributed by atoms with Gasteiger partial charge in [0.05, 0.1) is 23.9 Å². The molecule has 5 fully saturated rings. The van der Waals surface area contributed by atoms with Gasteiger partial charge in [0.1, 0.15) is 0 Å². The molecule has 5 aliphatic rings. The summed E-state index contributed by atoms with van der Waals surface area (Å²) < 4.78 is 2.01. The van der Waals surface area contributed by atoms with E-state index in [1.807, 2.05) is 29.1 Å². The number of likely N-dealkylation sites (tertiary alicyclic amines) is 1. The second-order valence-electron chi connectivity index (χ2n) is 13.4. The number of β-amino-alcohol motifs (C(OH)–C–C–N with tert-alkyl or cyclic N) is 1. The third-order valence-corrected chi connectivity index (χ3v) is 9.81. The number of halogens is 1. The number of nitrogens with one attached hydrogen (secondary N) is 1. The number of hydrogen-bond acceptors (Lipinski definition) is 4. The Morgan fingerprint density at radius 1 is 1.11 bits per heavy atom. The van der Waals surface area contributed by atoms with Crippen LogP contribution in [0.15, 0.2) is 36.5 Å². The van der Waals surface area contributed by atoms with Crippen molar-refractivity contribution in [1.29, 1.82) is 0 Å². The second-order valence-corrected chi connectivity index (χ2v) is 13.8. The maximum absolute atomic E-state index is 14.1. The second kappa shape index (κ2) is 9.39. The van der Waals surface area contributed by atoms with E-state index in [0.29, 0.717) is 18.0 Å². The first-order valence-electron chi connectivity index (χ1n) is 14.1. The summed E-state index contributed by atoms with van der Waals surface area (Å²) in [4.78, 5) is 16.3. The molecule has 0 unspecified atom stereocenters. The molecule has 7 rings (SSSR count). The maximum Gasteiger partial charge on any atom is 0.237 e. The molecule has 0 spiro atoms. The molecule has 4 aliphatic carbocycles. The lowest BCUT2D eigenvalue weighted by Gasteiger charge is -2.57. The monoisotopic (exact) mass is 524 g/mol. The van der Waals surface area contributed by atoms with Crippen molar-refractivity contribution in [3.05, 3.63) is 52.8 Å². The van der Waals surface area contributed by atoms with Gasteiger partial charge < -0.3 is 10.4 Å². The SMILES string of the molecule is CC(C)(C)n1ccc([C@@H]2C[C@@H](C(=O)NC34CC5CC(CC(C5)C3)C4)N(CCO)[C@H]2c2cccc(Cl)c2)n1. The predicted molar refractivity (Wildman–Crippen MR) is 145 cm³/mol. The van der Waals surface area contributed by atoms with Crippen molar-refractivity contribution in [3.8, 4) is 0 Å². The zero-order chi connectivity index (χ0) is 25.9. The highest BCUT2D eigenvalue weighted by Crippen LogP contribution is 2.56. The number of aromatic nitrogens is 2. The van der Waals surface area contributed by atoms with E-state index in [2.05, 4.69) is 43.1 Å². The lowest BCUT2D eigenvalue weighted by molar-refractivity contribution is -0.131. The predicted octanol–water partition coefficient (Wildman–Crippen LogP) is 5.27. The van der Waals surface area contributed by atoms with Crippen molar-refractivity contribution < 1.29 is 9.90 Å². The molecule has 3 atom stereocenters. The number of nitrogens with zero attached hydrogens (tertiary/aromatic N) is 3. The fourth-order valence-corrected chi connectivity index (χ4v) is 8.71. The van der Waals surface area contributed by atoms with Gasteiger partial charge in [-0.15, -0.1) is 0 Å². The summed E-state index contributed by atoms with van der Waals surface area (Å²) in [6.45, 7) is 6.87. The fourth-order valence-electron chi connectivity index (χ4n) is 8.51.